The highest BCUT2D eigenvalue weighted by Gasteiger charge is 2.62. The number of nitrogens with one attached hydrogen (secondary N) is 1. The fourth-order valence-corrected chi connectivity index (χ4v) is 16.7. The summed E-state index contributed by atoms with van der Waals surface area (Å²) in [6, 6.07) is 34.9. The van der Waals surface area contributed by atoms with E-state index >= 15 is 8.78 Å². The van der Waals surface area contributed by atoms with Crippen molar-refractivity contribution in [2.75, 3.05) is 38.6 Å². The van der Waals surface area contributed by atoms with Gasteiger partial charge in [-0.1, -0.05) is 44.2 Å². The number of hydrogen-bond donors (Lipinski definition) is 2. The summed E-state index contributed by atoms with van der Waals surface area (Å²) in [4.78, 5) is 40.2. The number of pyridine rings is 4. The highest BCUT2D eigenvalue weighted by molar-refractivity contribution is 5.80. The Kier molecular flexibility index (Phi) is 13.6. The van der Waals surface area contributed by atoms with E-state index in [9.17, 15) is 4.79 Å². The lowest BCUT2D eigenvalue weighted by atomic mass is 9.74. The number of fused-ring (bicyclic) bond motifs is 11. The van der Waals surface area contributed by atoms with Gasteiger partial charge in [0.05, 0.1) is 23.5 Å². The summed E-state index contributed by atoms with van der Waals surface area (Å²) in [5.41, 5.74) is 20.2. The maximum absolute atomic E-state index is 16.4. The second kappa shape index (κ2) is 21.8. The molecule has 1 aliphatic carbocycles. The number of anilines is 1. The van der Waals surface area contributed by atoms with Gasteiger partial charge in [-0.15, -0.1) is 0 Å². The first kappa shape index (κ1) is 57.9. The Morgan fingerprint density at radius 1 is 0.677 bits per heavy atom. The van der Waals surface area contributed by atoms with E-state index in [1.165, 1.54) is 19.3 Å². The van der Waals surface area contributed by atoms with Gasteiger partial charge < -0.3 is 44.2 Å². The van der Waals surface area contributed by atoms with Gasteiger partial charge in [0.25, 0.3) is 5.92 Å². The Labute approximate surface area is 537 Å². The molecule has 17 rings (SSSR count). The zero-order chi connectivity index (χ0) is 63.1. The SMILES string of the molecule is CN1CCC2(CC1)CCN2c1ccc2c(n1)OCc1cc(-c3cnn(-[n+]4cccn4-c4ccc5c(c4)COc4nc(O[C@H]6CC(C)(C)CC[C@](N)(CC7C8N(C)C(C[C@H]7Oc7ccc9c(n7)OCc7cc(-c%10cc[nH]c(=O)c%10)ccc7-9)CC8(F)F)C6)ccc4-5)c3)ccc1-2. The number of rotatable bonds is 11. The second-order valence-corrected chi connectivity index (χ2v) is 28.3. The number of benzene rings is 3. The summed E-state index contributed by atoms with van der Waals surface area (Å²) in [7, 11) is 4.03. The lowest BCUT2D eigenvalue weighted by Crippen LogP contribution is -2.64. The van der Waals surface area contributed by atoms with Gasteiger partial charge >= 0.3 is 0 Å². The summed E-state index contributed by atoms with van der Waals surface area (Å²) in [5, 5.41) is 4.83. The monoisotopic (exact) mass is 1250 g/mol. The molecule has 3 unspecified atom stereocenters. The molecule has 93 heavy (non-hydrogen) atoms. The van der Waals surface area contributed by atoms with Crippen molar-refractivity contribution in [3.8, 4) is 90.7 Å². The first-order valence-electron chi connectivity index (χ1n) is 32.8. The molecule has 6 atom stereocenters. The summed E-state index contributed by atoms with van der Waals surface area (Å²) in [5.74, 6) is -0.170. The molecule has 9 aromatic rings. The number of alkyl halides is 2. The third-order valence-corrected chi connectivity index (χ3v) is 21.8. The molecule has 4 saturated heterocycles. The Morgan fingerprint density at radius 3 is 1.99 bits per heavy atom. The summed E-state index contributed by atoms with van der Waals surface area (Å²) in [6.07, 6.45) is 15.2. The van der Waals surface area contributed by atoms with Crippen molar-refractivity contribution in [2.24, 2.45) is 17.1 Å². The average molecular weight is 1250 g/mol. The van der Waals surface area contributed by atoms with Gasteiger partial charge in [0.2, 0.25) is 35.0 Å². The minimum absolute atomic E-state index is 0.153. The van der Waals surface area contributed by atoms with Crippen LogP contribution in [0.3, 0.4) is 0 Å². The van der Waals surface area contributed by atoms with E-state index in [4.69, 9.17) is 49.5 Å². The zero-order valence-electron chi connectivity index (χ0n) is 52.7. The molecule has 0 amide bonds. The van der Waals surface area contributed by atoms with Gasteiger partial charge in [-0.3, -0.25) is 9.69 Å². The molecule has 1 saturated carbocycles. The lowest BCUT2D eigenvalue weighted by molar-refractivity contribution is -0.802. The van der Waals surface area contributed by atoms with Crippen LogP contribution in [-0.4, -0.2) is 119 Å². The fraction of sp³-hybridized carbons (Fsp3) is 0.397. The molecule has 13 heterocycles. The van der Waals surface area contributed by atoms with Gasteiger partial charge in [0.15, 0.2) is 6.20 Å². The molecule has 20 heteroatoms. The van der Waals surface area contributed by atoms with Gasteiger partial charge in [0.1, 0.15) is 50.2 Å². The minimum Gasteiger partial charge on any atom is -0.474 e. The topological polar surface area (TPSA) is 180 Å². The number of nitrogens with zero attached hydrogens (tertiary/aromatic N) is 10. The number of ether oxygens (including phenoxy) is 5. The van der Waals surface area contributed by atoms with Crippen molar-refractivity contribution in [1.29, 1.82) is 0 Å². The number of aromatic nitrogens is 8. The first-order chi connectivity index (χ1) is 45.0. The number of halogens is 2. The van der Waals surface area contributed by atoms with Crippen LogP contribution < -0.4 is 44.7 Å². The van der Waals surface area contributed by atoms with Crippen LogP contribution in [0.25, 0.3) is 61.3 Å². The van der Waals surface area contributed by atoms with Crippen LogP contribution in [-0.2, 0) is 19.8 Å². The molecule has 2 bridgehead atoms. The van der Waals surface area contributed by atoms with Crippen molar-refractivity contribution in [3.05, 3.63) is 167 Å². The van der Waals surface area contributed by atoms with Crippen molar-refractivity contribution >= 4 is 5.82 Å². The van der Waals surface area contributed by atoms with E-state index in [-0.39, 0.29) is 41.7 Å². The molecule has 18 nitrogen and oxygen atoms in total. The number of H-pyrrole nitrogens is 1. The number of piperidine rings is 2. The van der Waals surface area contributed by atoms with Crippen molar-refractivity contribution < 1.29 is 37.3 Å². The highest BCUT2D eigenvalue weighted by Crippen LogP contribution is 2.53. The first-order valence-corrected chi connectivity index (χ1v) is 32.8. The van der Waals surface area contributed by atoms with Crippen LogP contribution in [0.2, 0.25) is 0 Å². The molecule has 7 aliphatic heterocycles. The third-order valence-electron chi connectivity index (χ3n) is 21.8. The maximum atomic E-state index is 16.4. The molecule has 3 N–H and O–H groups in total. The van der Waals surface area contributed by atoms with Gasteiger partial charge in [-0.2, -0.15) is 19.6 Å². The Morgan fingerprint density at radius 2 is 1.30 bits per heavy atom. The van der Waals surface area contributed by atoms with Crippen LogP contribution >= 0.6 is 0 Å². The fourth-order valence-electron chi connectivity index (χ4n) is 16.7. The largest absolute Gasteiger partial charge is 0.474 e. The summed E-state index contributed by atoms with van der Waals surface area (Å²) >= 11 is 0. The number of aromatic amines is 1. The minimum atomic E-state index is -2.94. The average Bonchev–Trinajstić information content (AvgIpc) is 1.72. The van der Waals surface area contributed by atoms with E-state index in [0.717, 1.165) is 110 Å². The number of hydrogen-bond acceptors (Lipinski definition) is 14. The smallest absolute Gasteiger partial charge is 0.265 e. The Balaban J connectivity index is 0.574. The molecule has 1 spiro atoms. The van der Waals surface area contributed by atoms with E-state index in [0.29, 0.717) is 74.7 Å². The van der Waals surface area contributed by atoms with Gasteiger partial charge in [-0.25, -0.2) is 8.78 Å². The van der Waals surface area contributed by atoms with E-state index in [2.05, 4.69) is 84.2 Å². The molecular weight excluding hydrogens is 1180 g/mol. The lowest BCUT2D eigenvalue weighted by Gasteiger charge is -2.57. The summed E-state index contributed by atoms with van der Waals surface area (Å²) in [6.45, 7) is 8.76. The van der Waals surface area contributed by atoms with E-state index in [1.807, 2.05) is 106 Å². The molecule has 3 aromatic carbocycles. The second-order valence-electron chi connectivity index (χ2n) is 28.3. The number of likely N-dealkylation sites (tertiary alicyclic amines) is 1. The predicted molar refractivity (Wildman–Crippen MR) is 347 cm³/mol. The zero-order valence-corrected chi connectivity index (χ0v) is 52.7. The molecule has 5 fully saturated rings. The Bertz CT molecular complexity index is 4500. The van der Waals surface area contributed by atoms with E-state index in [1.54, 1.807) is 12.3 Å². The molecule has 476 valence electrons. The predicted octanol–water partition coefficient (Wildman–Crippen LogP) is 11.4. The van der Waals surface area contributed by atoms with Crippen LogP contribution in [0.4, 0.5) is 14.6 Å². The van der Waals surface area contributed by atoms with E-state index < -0.39 is 29.5 Å². The van der Waals surface area contributed by atoms with Crippen LogP contribution in [0.5, 0.6) is 29.4 Å². The number of nitrogens with two attached hydrogens (primary N) is 1. The molecular formula is C73H75F2N12O6+. The molecule has 6 aromatic heterocycles. The summed E-state index contributed by atoms with van der Waals surface area (Å²) < 4.78 is 67.6. The standard InChI is InChI=1S/C73H74F2N12O6/c1-70(2)19-20-71(76,38-60-61(34-52-35-73(74,75)66(60)83(52)4)93-65-17-14-58-55-9-6-44(46-18-24-77-63(88)33-46)30-47(55)42-90-69(58)81-65)37-53(36-70)92-64-16-13-59-56-11-8-51(32-49(56)43-91-68(59)80-64)85-25-5-26-87(85)86-40-50(39-78-86)45-7-10-54-48(31-45)41-89-67-57(54)12-15-62(79-67)84-29-23-72(84)21-27-82(3)28-22-72/h5-18,24-26,30-33,39-40,52-53,60-61,66H,19-23,27-29,34-38,41-43,76H2,1-4H3/p+1/t52?,53-,60?,61+,66?,71+/m0/s1. The van der Waals surface area contributed by atoms with Crippen molar-refractivity contribution in [2.45, 2.75) is 139 Å². The van der Waals surface area contributed by atoms with Crippen LogP contribution in [0.15, 0.2) is 145 Å². The van der Waals surface area contributed by atoms with Gasteiger partial charge in [-0.05, 0) is 174 Å². The molecule has 8 aliphatic rings. The quantitative estimate of drug-likeness (QED) is 0.0922. The highest BCUT2D eigenvalue weighted by atomic mass is 19.3. The molecule has 0 radical (unpaired) electrons. The van der Waals surface area contributed by atoms with Crippen molar-refractivity contribution in [1.82, 2.24) is 44.3 Å². The normalized spacial score (nSPS) is 24.5. The van der Waals surface area contributed by atoms with Crippen LogP contribution in [0, 0.1) is 11.3 Å². The Hall–Kier alpha value is -8.98. The maximum Gasteiger partial charge on any atom is 0.265 e. The van der Waals surface area contributed by atoms with Gasteiger partial charge in [0, 0.05) is 119 Å². The van der Waals surface area contributed by atoms with Crippen LogP contribution in [0.1, 0.15) is 94.7 Å². The third kappa shape index (κ3) is 10.3. The van der Waals surface area contributed by atoms with Crippen molar-refractivity contribution in [3.63, 3.8) is 0 Å².